The molecule has 1 aromatic carbocycles. The van der Waals surface area contributed by atoms with E-state index in [0.29, 0.717) is 11.8 Å². The second kappa shape index (κ2) is 17.5. The van der Waals surface area contributed by atoms with Gasteiger partial charge >= 0.3 is 12.1 Å². The summed E-state index contributed by atoms with van der Waals surface area (Å²) in [5, 5.41) is 23.7. The van der Waals surface area contributed by atoms with Crippen LogP contribution in [-0.2, 0) is 25.7 Å². The summed E-state index contributed by atoms with van der Waals surface area (Å²) in [6.07, 6.45) is 7.23. The zero-order valence-electron chi connectivity index (χ0n) is 23.3. The number of rotatable bonds is 15. The highest BCUT2D eigenvalue weighted by atomic mass is 16.5. The van der Waals surface area contributed by atoms with E-state index in [4.69, 9.17) is 4.74 Å². The number of carbonyl (C=O) groups is 4. The van der Waals surface area contributed by atoms with Crippen molar-refractivity contribution in [1.82, 2.24) is 26.6 Å². The van der Waals surface area contributed by atoms with Gasteiger partial charge < -0.3 is 36.4 Å². The van der Waals surface area contributed by atoms with Crippen molar-refractivity contribution in [2.45, 2.75) is 64.0 Å². The number of aliphatic carboxylic acids is 1. The number of hydrogen-bond donors (Lipinski definition) is 6. The highest BCUT2D eigenvalue weighted by molar-refractivity contribution is 5.86. The van der Waals surface area contributed by atoms with Gasteiger partial charge in [-0.3, -0.25) is 9.59 Å². The van der Waals surface area contributed by atoms with Crippen LogP contribution in [0.5, 0.6) is 0 Å². The lowest BCUT2D eigenvalue weighted by Gasteiger charge is -2.27. The van der Waals surface area contributed by atoms with Crippen LogP contribution in [0.4, 0.5) is 4.79 Å². The first-order chi connectivity index (χ1) is 19.4. The van der Waals surface area contributed by atoms with E-state index in [1.54, 1.807) is 24.3 Å². The van der Waals surface area contributed by atoms with E-state index in [0.717, 1.165) is 83.1 Å². The van der Waals surface area contributed by atoms with Gasteiger partial charge in [-0.15, -0.1) is 0 Å². The Morgan fingerprint density at radius 2 is 1.45 bits per heavy atom. The third-order valence-electron chi connectivity index (χ3n) is 7.86. The largest absolute Gasteiger partial charge is 0.480 e. The number of amides is 3. The summed E-state index contributed by atoms with van der Waals surface area (Å²) in [7, 11) is 0. The van der Waals surface area contributed by atoms with E-state index < -0.39 is 24.0 Å². The molecule has 11 heteroatoms. The first-order valence-electron chi connectivity index (χ1n) is 14.6. The van der Waals surface area contributed by atoms with Gasteiger partial charge in [0.1, 0.15) is 12.6 Å². The maximum atomic E-state index is 13.1. The predicted octanol–water partition coefficient (Wildman–Crippen LogP) is 1.77. The summed E-state index contributed by atoms with van der Waals surface area (Å²) in [6.45, 7) is 3.50. The zero-order chi connectivity index (χ0) is 28.6. The summed E-state index contributed by atoms with van der Waals surface area (Å²) in [6, 6.07) is 7.63. The second-order valence-corrected chi connectivity index (χ2v) is 10.9. The van der Waals surface area contributed by atoms with Crippen LogP contribution in [0.15, 0.2) is 30.3 Å². The average Bonchev–Trinajstić information content (AvgIpc) is 2.98. The van der Waals surface area contributed by atoms with Crippen molar-refractivity contribution in [2.24, 2.45) is 17.8 Å². The van der Waals surface area contributed by atoms with Gasteiger partial charge in [-0.2, -0.15) is 0 Å². The number of ether oxygens (including phenoxy) is 1. The molecule has 0 radical (unpaired) electrons. The van der Waals surface area contributed by atoms with Gasteiger partial charge in [-0.25, -0.2) is 9.59 Å². The lowest BCUT2D eigenvalue weighted by molar-refractivity contribution is -0.139. The summed E-state index contributed by atoms with van der Waals surface area (Å²) >= 11 is 0. The fourth-order valence-corrected chi connectivity index (χ4v) is 5.32. The zero-order valence-corrected chi connectivity index (χ0v) is 23.3. The summed E-state index contributed by atoms with van der Waals surface area (Å²) in [5.74, 6) is -0.857. The Kier molecular flexibility index (Phi) is 13.7. The number of piperidine rings is 2. The molecule has 0 unspecified atom stereocenters. The molecule has 0 saturated carbocycles. The smallest absolute Gasteiger partial charge is 0.408 e. The maximum absolute atomic E-state index is 13.1. The Labute approximate surface area is 236 Å². The van der Waals surface area contributed by atoms with Crippen molar-refractivity contribution in [3.63, 3.8) is 0 Å². The highest BCUT2D eigenvalue weighted by Crippen LogP contribution is 2.26. The number of nitrogens with one attached hydrogen (secondary N) is 5. The second-order valence-electron chi connectivity index (χ2n) is 10.9. The lowest BCUT2D eigenvalue weighted by Crippen LogP contribution is -2.50. The first kappa shape index (κ1) is 31.3. The fourth-order valence-electron chi connectivity index (χ4n) is 5.32. The molecular weight excluding hydrogens is 514 g/mol. The third-order valence-corrected chi connectivity index (χ3v) is 7.86. The van der Waals surface area contributed by atoms with Gasteiger partial charge in [0.05, 0.1) is 6.54 Å². The van der Waals surface area contributed by atoms with Crippen LogP contribution in [0.3, 0.4) is 0 Å². The van der Waals surface area contributed by atoms with Crippen molar-refractivity contribution in [1.29, 1.82) is 0 Å². The molecule has 2 aliphatic rings. The third kappa shape index (κ3) is 11.9. The minimum absolute atomic E-state index is 0.00611. The van der Waals surface area contributed by atoms with Crippen LogP contribution < -0.4 is 26.6 Å². The molecule has 3 amide bonds. The van der Waals surface area contributed by atoms with E-state index in [-0.39, 0.29) is 31.5 Å². The molecule has 2 saturated heterocycles. The van der Waals surface area contributed by atoms with Crippen molar-refractivity contribution in [3.05, 3.63) is 35.9 Å². The van der Waals surface area contributed by atoms with Gasteiger partial charge in [0.25, 0.3) is 0 Å². The molecule has 0 aliphatic carbocycles. The Morgan fingerprint density at radius 3 is 2.00 bits per heavy atom. The van der Waals surface area contributed by atoms with E-state index in [2.05, 4.69) is 26.6 Å². The van der Waals surface area contributed by atoms with E-state index in [1.165, 1.54) is 0 Å². The maximum Gasteiger partial charge on any atom is 0.408 e. The number of alkyl carbamates (subject to hydrolysis) is 1. The standard InChI is InChI=1S/C29H45N5O6/c35-26(32-18-25(28(37)38)34-29(39)40-20-23-4-2-1-3-5-23)19-33-27(36)24(8-6-21-10-14-30-15-11-21)9-7-22-12-16-31-17-13-22/h1-5,21-22,24-25,30-31H,6-20H2,(H,32,35)(H,33,36)(H,34,39)(H,37,38)/t25-/m0/s1. The molecule has 6 N–H and O–H groups in total. The van der Waals surface area contributed by atoms with E-state index in [9.17, 15) is 24.3 Å². The molecule has 2 aliphatic heterocycles. The molecule has 222 valence electrons. The lowest BCUT2D eigenvalue weighted by atomic mass is 9.84. The minimum Gasteiger partial charge on any atom is -0.480 e. The van der Waals surface area contributed by atoms with Crippen LogP contribution in [0, 0.1) is 17.8 Å². The van der Waals surface area contributed by atoms with Crippen LogP contribution in [0.1, 0.15) is 56.9 Å². The van der Waals surface area contributed by atoms with Gasteiger partial charge in [-0.1, -0.05) is 30.3 Å². The monoisotopic (exact) mass is 559 g/mol. The Bertz CT molecular complexity index is 912. The molecule has 11 nitrogen and oxygen atoms in total. The normalized spacial score (nSPS) is 17.1. The molecule has 2 fully saturated rings. The molecule has 2 heterocycles. The van der Waals surface area contributed by atoms with Gasteiger partial charge in [-0.05, 0) is 94.9 Å². The van der Waals surface area contributed by atoms with Crippen LogP contribution in [-0.4, -0.2) is 74.3 Å². The molecule has 1 aromatic rings. The van der Waals surface area contributed by atoms with Crippen LogP contribution in [0.25, 0.3) is 0 Å². The highest BCUT2D eigenvalue weighted by Gasteiger charge is 2.25. The number of benzene rings is 1. The number of carbonyl (C=O) groups excluding carboxylic acids is 3. The quantitative estimate of drug-likeness (QED) is 0.190. The van der Waals surface area contributed by atoms with E-state index >= 15 is 0 Å². The number of hydrogen-bond acceptors (Lipinski definition) is 7. The fraction of sp³-hybridized carbons (Fsp3) is 0.655. The molecule has 3 rings (SSSR count). The topological polar surface area (TPSA) is 158 Å². The molecule has 40 heavy (non-hydrogen) atoms. The van der Waals surface area contributed by atoms with Gasteiger partial charge in [0.2, 0.25) is 11.8 Å². The van der Waals surface area contributed by atoms with Crippen molar-refractivity contribution in [2.75, 3.05) is 39.3 Å². The molecule has 0 spiro atoms. The average molecular weight is 560 g/mol. The van der Waals surface area contributed by atoms with Crippen molar-refractivity contribution in [3.8, 4) is 0 Å². The first-order valence-corrected chi connectivity index (χ1v) is 14.6. The number of carboxylic acid groups (broad SMARTS) is 1. The SMILES string of the molecule is O=C(CNC(=O)C(CCC1CCNCC1)CCC1CCNCC1)NC[C@H](NC(=O)OCc1ccccc1)C(=O)O. The van der Waals surface area contributed by atoms with Gasteiger partial charge in [0, 0.05) is 12.5 Å². The number of carboxylic acids is 1. The molecule has 1 atom stereocenters. The van der Waals surface area contributed by atoms with Crippen LogP contribution >= 0.6 is 0 Å². The Morgan fingerprint density at radius 1 is 0.875 bits per heavy atom. The van der Waals surface area contributed by atoms with Crippen molar-refractivity contribution < 1.29 is 29.0 Å². The van der Waals surface area contributed by atoms with E-state index in [1.807, 2.05) is 6.07 Å². The van der Waals surface area contributed by atoms with Crippen LogP contribution in [0.2, 0.25) is 0 Å². The summed E-state index contributed by atoms with van der Waals surface area (Å²) in [4.78, 5) is 49.1. The molecule has 0 aromatic heterocycles. The molecule has 0 bridgehead atoms. The minimum atomic E-state index is -1.37. The molecular formula is C29H45N5O6. The summed E-state index contributed by atoms with van der Waals surface area (Å²) < 4.78 is 5.06. The van der Waals surface area contributed by atoms with Crippen molar-refractivity contribution >= 4 is 23.9 Å². The Balaban J connectivity index is 1.41. The predicted molar refractivity (Wildman–Crippen MR) is 150 cm³/mol. The van der Waals surface area contributed by atoms with Gasteiger partial charge in [0.15, 0.2) is 0 Å². The Hall–Kier alpha value is -3.18. The summed E-state index contributed by atoms with van der Waals surface area (Å²) in [5.41, 5.74) is 0.762.